The van der Waals surface area contributed by atoms with Gasteiger partial charge in [0.2, 0.25) is 0 Å². The number of rotatable bonds is 2. The number of hydrogen-bond acceptors (Lipinski definition) is 2. The number of halogens is 2. The van der Waals surface area contributed by atoms with Crippen molar-refractivity contribution in [2.45, 2.75) is 6.92 Å². The first-order chi connectivity index (χ1) is 8.00. The van der Waals surface area contributed by atoms with Gasteiger partial charge in [0, 0.05) is 6.20 Å². The maximum absolute atomic E-state index is 6.08. The highest BCUT2D eigenvalue weighted by atomic mass is 35.5. The van der Waals surface area contributed by atoms with Crippen LogP contribution in [-0.4, -0.2) is 14.8 Å². The third kappa shape index (κ3) is 2.29. The Balaban J connectivity index is 2.67. The summed E-state index contributed by atoms with van der Waals surface area (Å²) in [6, 6.07) is 5.38. The highest BCUT2D eigenvalue weighted by Crippen LogP contribution is 2.24. The minimum absolute atomic E-state index is 0.231. The number of nitrogens with zero attached hydrogens (tertiary/aromatic N) is 2. The molecule has 0 unspecified atom stereocenters. The Morgan fingerprint density at radius 2 is 2.06 bits per heavy atom. The second-order valence-corrected chi connectivity index (χ2v) is 4.76. The van der Waals surface area contributed by atoms with E-state index in [0.29, 0.717) is 15.6 Å². The first-order valence-corrected chi connectivity index (χ1v) is 5.97. The van der Waals surface area contributed by atoms with E-state index in [1.165, 1.54) is 0 Å². The van der Waals surface area contributed by atoms with Crippen molar-refractivity contribution in [3.05, 3.63) is 45.7 Å². The fourth-order valence-electron chi connectivity index (χ4n) is 1.51. The Hall–Kier alpha value is -1.10. The van der Waals surface area contributed by atoms with E-state index in [1.807, 2.05) is 19.1 Å². The maximum atomic E-state index is 6.08. The quantitative estimate of drug-likeness (QED) is 0.863. The smallest absolute Gasteiger partial charge is 0.107 e. The third-order valence-electron chi connectivity index (χ3n) is 2.32. The van der Waals surface area contributed by atoms with Gasteiger partial charge < -0.3 is 5.73 Å². The minimum Gasteiger partial charge on any atom is -0.389 e. The van der Waals surface area contributed by atoms with E-state index in [0.717, 1.165) is 11.4 Å². The zero-order valence-corrected chi connectivity index (χ0v) is 11.3. The zero-order valence-electron chi connectivity index (χ0n) is 8.95. The van der Waals surface area contributed by atoms with Crippen LogP contribution in [0.15, 0.2) is 24.4 Å². The van der Waals surface area contributed by atoms with Gasteiger partial charge in [0.25, 0.3) is 0 Å². The van der Waals surface area contributed by atoms with Gasteiger partial charge in [-0.05, 0) is 19.1 Å². The van der Waals surface area contributed by atoms with Gasteiger partial charge in [0.05, 0.1) is 27.0 Å². The highest BCUT2D eigenvalue weighted by molar-refractivity contribution is 7.80. The molecule has 0 aliphatic heterocycles. The largest absolute Gasteiger partial charge is 0.389 e. The van der Waals surface area contributed by atoms with Crippen LogP contribution in [0.5, 0.6) is 0 Å². The van der Waals surface area contributed by atoms with Gasteiger partial charge in [-0.2, -0.15) is 5.10 Å². The average molecular weight is 286 g/mol. The second-order valence-electron chi connectivity index (χ2n) is 3.51. The summed E-state index contributed by atoms with van der Waals surface area (Å²) >= 11 is 17.0. The molecule has 0 fully saturated rings. The van der Waals surface area contributed by atoms with Crippen LogP contribution >= 0.6 is 35.4 Å². The molecule has 0 bridgehead atoms. The van der Waals surface area contributed by atoms with Crippen molar-refractivity contribution in [2.75, 3.05) is 0 Å². The monoisotopic (exact) mass is 285 g/mol. The lowest BCUT2D eigenvalue weighted by Crippen LogP contribution is -2.14. The first-order valence-electron chi connectivity index (χ1n) is 4.81. The molecule has 0 aliphatic rings. The van der Waals surface area contributed by atoms with Gasteiger partial charge in [-0.3, -0.25) is 0 Å². The van der Waals surface area contributed by atoms with Crippen molar-refractivity contribution >= 4 is 40.4 Å². The van der Waals surface area contributed by atoms with Gasteiger partial charge in [0.15, 0.2) is 0 Å². The highest BCUT2D eigenvalue weighted by Gasteiger charge is 2.13. The molecular formula is C11H9Cl2N3S. The van der Waals surface area contributed by atoms with Crippen molar-refractivity contribution < 1.29 is 0 Å². The van der Waals surface area contributed by atoms with E-state index in [9.17, 15) is 0 Å². The van der Waals surface area contributed by atoms with Crippen LogP contribution < -0.4 is 5.73 Å². The first kappa shape index (κ1) is 12.4. The molecule has 0 spiro atoms. The lowest BCUT2D eigenvalue weighted by molar-refractivity contribution is 0.861. The lowest BCUT2D eigenvalue weighted by atomic mass is 10.2. The summed E-state index contributed by atoms with van der Waals surface area (Å²) in [7, 11) is 0. The fourth-order valence-corrected chi connectivity index (χ4v) is 2.18. The number of thiocarbonyl (C=S) groups is 1. The molecule has 0 atom stereocenters. The second kappa shape index (κ2) is 4.64. The number of benzene rings is 1. The lowest BCUT2D eigenvalue weighted by Gasteiger charge is -2.09. The van der Waals surface area contributed by atoms with E-state index in [-0.39, 0.29) is 4.99 Å². The van der Waals surface area contributed by atoms with Crippen LogP contribution in [0.25, 0.3) is 5.69 Å². The van der Waals surface area contributed by atoms with Crippen LogP contribution in [0, 0.1) is 6.92 Å². The minimum atomic E-state index is 0.231. The number of hydrogen-bond donors (Lipinski definition) is 1. The zero-order chi connectivity index (χ0) is 12.6. The van der Waals surface area contributed by atoms with Crippen LogP contribution in [0.2, 0.25) is 10.0 Å². The summed E-state index contributed by atoms with van der Waals surface area (Å²) in [5.74, 6) is 0. The van der Waals surface area contributed by atoms with Crippen molar-refractivity contribution in [1.82, 2.24) is 9.78 Å². The molecule has 2 N–H and O–H groups in total. The molecule has 1 heterocycles. The van der Waals surface area contributed by atoms with E-state index < -0.39 is 0 Å². The number of nitrogens with two attached hydrogens (primary N) is 1. The Labute approximate surface area is 114 Å². The summed E-state index contributed by atoms with van der Waals surface area (Å²) in [6.07, 6.45) is 1.70. The average Bonchev–Trinajstić information content (AvgIpc) is 2.58. The van der Waals surface area contributed by atoms with Crippen molar-refractivity contribution in [3.63, 3.8) is 0 Å². The predicted molar refractivity (Wildman–Crippen MR) is 74.2 cm³/mol. The Morgan fingerprint density at radius 1 is 1.35 bits per heavy atom. The summed E-state index contributed by atoms with van der Waals surface area (Å²) in [6.45, 7) is 1.82. The third-order valence-corrected chi connectivity index (χ3v) is 3.21. The van der Waals surface area contributed by atoms with E-state index >= 15 is 0 Å². The molecule has 0 saturated carbocycles. The molecular weight excluding hydrogens is 277 g/mol. The maximum Gasteiger partial charge on any atom is 0.107 e. The summed E-state index contributed by atoms with van der Waals surface area (Å²) in [4.78, 5) is 0.231. The molecule has 0 saturated heterocycles. The summed E-state index contributed by atoms with van der Waals surface area (Å²) in [5.41, 5.74) is 7.73. The molecule has 88 valence electrons. The molecule has 0 aliphatic carbocycles. The van der Waals surface area contributed by atoms with Crippen LogP contribution in [0.4, 0.5) is 0 Å². The standard InChI is InChI=1S/C11H9Cl2N3S/c1-6-8(13)5-16(15-6)9-4-2-3-7(12)10(9)11(14)17/h2-5H,1H3,(H2,14,17). The molecule has 6 heteroatoms. The normalized spacial score (nSPS) is 10.5. The van der Waals surface area contributed by atoms with Crippen LogP contribution in [-0.2, 0) is 0 Å². The molecule has 0 amide bonds. The molecule has 2 aromatic rings. The number of aromatic nitrogens is 2. The van der Waals surface area contributed by atoms with Crippen LogP contribution in [0.1, 0.15) is 11.3 Å². The SMILES string of the molecule is Cc1nn(-c2cccc(Cl)c2C(N)=S)cc1Cl. The topological polar surface area (TPSA) is 43.8 Å². The number of aryl methyl sites for hydroxylation is 1. The van der Waals surface area contributed by atoms with E-state index in [4.69, 9.17) is 41.2 Å². The Morgan fingerprint density at radius 3 is 2.59 bits per heavy atom. The van der Waals surface area contributed by atoms with Crippen molar-refractivity contribution in [3.8, 4) is 5.69 Å². The Bertz CT molecular complexity index is 573. The molecule has 1 aromatic heterocycles. The molecule has 2 rings (SSSR count). The van der Waals surface area contributed by atoms with Crippen LogP contribution in [0.3, 0.4) is 0 Å². The van der Waals surface area contributed by atoms with Gasteiger partial charge >= 0.3 is 0 Å². The van der Waals surface area contributed by atoms with E-state index in [2.05, 4.69) is 5.10 Å². The molecule has 17 heavy (non-hydrogen) atoms. The molecule has 0 radical (unpaired) electrons. The molecule has 1 aromatic carbocycles. The van der Waals surface area contributed by atoms with Gasteiger partial charge in [0.1, 0.15) is 4.99 Å². The van der Waals surface area contributed by atoms with Gasteiger partial charge in [-0.15, -0.1) is 0 Å². The van der Waals surface area contributed by atoms with Gasteiger partial charge in [-0.25, -0.2) is 4.68 Å². The Kier molecular flexibility index (Phi) is 3.38. The summed E-state index contributed by atoms with van der Waals surface area (Å²) in [5, 5.41) is 5.36. The summed E-state index contributed by atoms with van der Waals surface area (Å²) < 4.78 is 1.62. The predicted octanol–water partition coefficient (Wildman–Crippen LogP) is 3.12. The van der Waals surface area contributed by atoms with E-state index in [1.54, 1.807) is 16.9 Å². The van der Waals surface area contributed by atoms with Gasteiger partial charge in [-0.1, -0.05) is 41.5 Å². The fraction of sp³-hybridized carbons (Fsp3) is 0.0909. The molecule has 3 nitrogen and oxygen atoms in total. The van der Waals surface area contributed by atoms with Crippen molar-refractivity contribution in [2.24, 2.45) is 5.73 Å². The van der Waals surface area contributed by atoms with Crippen molar-refractivity contribution in [1.29, 1.82) is 0 Å².